The molecule has 1 aromatic carbocycles. The monoisotopic (exact) mass is 190 g/mol. The normalized spacial score (nSPS) is 31.6. The van der Waals surface area contributed by atoms with E-state index in [1.807, 2.05) is 37.3 Å². The first-order valence-electron chi connectivity index (χ1n) is 4.81. The predicted octanol–water partition coefficient (Wildman–Crippen LogP) is 0.821. The lowest BCUT2D eigenvalue weighted by Crippen LogP contribution is -2.31. The van der Waals surface area contributed by atoms with Gasteiger partial charge in [-0.2, -0.15) is 0 Å². The van der Waals surface area contributed by atoms with Gasteiger partial charge in [0.15, 0.2) is 0 Å². The third-order valence-corrected chi connectivity index (χ3v) is 2.83. The Kier molecular flexibility index (Phi) is 2.25. The summed E-state index contributed by atoms with van der Waals surface area (Å²) in [5.74, 6) is -0.0495. The molecule has 0 saturated carbocycles. The summed E-state index contributed by atoms with van der Waals surface area (Å²) in [5, 5.41) is 2.91. The van der Waals surface area contributed by atoms with E-state index in [0.717, 1.165) is 5.56 Å². The number of benzene rings is 1. The quantitative estimate of drug-likeness (QED) is 0.689. The molecule has 0 aromatic heterocycles. The Morgan fingerprint density at radius 1 is 1.29 bits per heavy atom. The van der Waals surface area contributed by atoms with Gasteiger partial charge < -0.3 is 11.1 Å². The van der Waals surface area contributed by atoms with E-state index in [1.54, 1.807) is 0 Å². The maximum atomic E-state index is 11.4. The molecule has 1 fully saturated rings. The number of hydrogen-bond donors (Lipinski definition) is 2. The van der Waals surface area contributed by atoms with E-state index in [-0.39, 0.29) is 23.9 Å². The van der Waals surface area contributed by atoms with Crippen LogP contribution in [0.25, 0.3) is 0 Å². The van der Waals surface area contributed by atoms with Crippen LogP contribution in [0.3, 0.4) is 0 Å². The van der Waals surface area contributed by atoms with Gasteiger partial charge >= 0.3 is 0 Å². The third-order valence-electron chi connectivity index (χ3n) is 2.83. The predicted molar refractivity (Wildman–Crippen MR) is 54.5 cm³/mol. The van der Waals surface area contributed by atoms with Gasteiger partial charge in [-0.1, -0.05) is 37.3 Å². The van der Waals surface area contributed by atoms with Gasteiger partial charge in [-0.25, -0.2) is 0 Å². The molecule has 2 rings (SSSR count). The van der Waals surface area contributed by atoms with Crippen LogP contribution >= 0.6 is 0 Å². The van der Waals surface area contributed by atoms with Crippen LogP contribution in [-0.2, 0) is 4.79 Å². The number of carbonyl (C=O) groups is 1. The maximum Gasteiger partial charge on any atom is 0.225 e. The zero-order valence-electron chi connectivity index (χ0n) is 8.10. The van der Waals surface area contributed by atoms with Crippen molar-refractivity contribution in [1.29, 1.82) is 0 Å². The summed E-state index contributed by atoms with van der Waals surface area (Å²) in [5.41, 5.74) is 7.04. The van der Waals surface area contributed by atoms with E-state index >= 15 is 0 Å². The van der Waals surface area contributed by atoms with Crippen LogP contribution in [-0.4, -0.2) is 11.9 Å². The highest BCUT2D eigenvalue weighted by Crippen LogP contribution is 2.26. The number of carbonyl (C=O) groups excluding carboxylic acids is 1. The van der Waals surface area contributed by atoms with Gasteiger partial charge in [-0.3, -0.25) is 4.79 Å². The van der Waals surface area contributed by atoms with E-state index in [0.29, 0.717) is 0 Å². The molecule has 1 unspecified atom stereocenters. The molecule has 74 valence electrons. The molecule has 3 atom stereocenters. The molecule has 1 aliphatic heterocycles. The van der Waals surface area contributed by atoms with Gasteiger partial charge in [-0.15, -0.1) is 0 Å². The smallest absolute Gasteiger partial charge is 0.225 e. The lowest BCUT2D eigenvalue weighted by molar-refractivity contribution is -0.122. The van der Waals surface area contributed by atoms with Gasteiger partial charge in [-0.05, 0) is 5.56 Å². The summed E-state index contributed by atoms with van der Waals surface area (Å²) in [4.78, 5) is 11.4. The molecule has 0 bridgehead atoms. The molecule has 1 amide bonds. The van der Waals surface area contributed by atoms with E-state index in [4.69, 9.17) is 5.73 Å². The van der Waals surface area contributed by atoms with Gasteiger partial charge in [0.2, 0.25) is 5.91 Å². The van der Waals surface area contributed by atoms with Crippen LogP contribution in [0.5, 0.6) is 0 Å². The Morgan fingerprint density at radius 3 is 2.43 bits per heavy atom. The number of nitrogens with one attached hydrogen (secondary N) is 1. The molecule has 0 aliphatic carbocycles. The van der Waals surface area contributed by atoms with Crippen LogP contribution in [0.4, 0.5) is 0 Å². The Balaban J connectivity index is 2.26. The highest BCUT2D eigenvalue weighted by molar-refractivity contribution is 5.82. The topological polar surface area (TPSA) is 55.1 Å². The average Bonchev–Trinajstić information content (AvgIpc) is 2.47. The molecule has 3 heteroatoms. The summed E-state index contributed by atoms with van der Waals surface area (Å²) >= 11 is 0. The third kappa shape index (κ3) is 1.40. The van der Waals surface area contributed by atoms with E-state index in [1.165, 1.54) is 0 Å². The van der Waals surface area contributed by atoms with E-state index in [2.05, 4.69) is 5.32 Å². The molecule has 3 nitrogen and oxygen atoms in total. The number of hydrogen-bond acceptors (Lipinski definition) is 2. The second kappa shape index (κ2) is 3.42. The van der Waals surface area contributed by atoms with Crippen LogP contribution in [0.1, 0.15) is 18.5 Å². The highest BCUT2D eigenvalue weighted by atomic mass is 16.2. The van der Waals surface area contributed by atoms with Crippen LogP contribution in [0.15, 0.2) is 30.3 Å². The number of nitrogens with two attached hydrogens (primary N) is 1. The Labute approximate surface area is 83.3 Å². The van der Waals surface area contributed by atoms with Gasteiger partial charge in [0.1, 0.15) is 0 Å². The minimum atomic E-state index is -0.120. The van der Waals surface area contributed by atoms with Crippen molar-refractivity contribution < 1.29 is 4.79 Å². The SMILES string of the molecule is C[C@@H]1C(=O)NC(c2ccccc2)[C@H]1N. The first-order valence-corrected chi connectivity index (χ1v) is 4.81. The summed E-state index contributed by atoms with van der Waals surface area (Å²) in [6.07, 6.45) is 0. The van der Waals surface area contributed by atoms with Crippen molar-refractivity contribution in [3.8, 4) is 0 Å². The van der Waals surface area contributed by atoms with Crippen molar-refractivity contribution in [2.45, 2.75) is 19.0 Å². The van der Waals surface area contributed by atoms with E-state index in [9.17, 15) is 4.79 Å². The molecule has 1 saturated heterocycles. The highest BCUT2D eigenvalue weighted by Gasteiger charge is 2.37. The van der Waals surface area contributed by atoms with Crippen molar-refractivity contribution in [3.63, 3.8) is 0 Å². The van der Waals surface area contributed by atoms with Gasteiger partial charge in [0, 0.05) is 6.04 Å². The van der Waals surface area contributed by atoms with Crippen LogP contribution < -0.4 is 11.1 Å². The number of amides is 1. The molecule has 3 N–H and O–H groups in total. The lowest BCUT2D eigenvalue weighted by atomic mass is 9.96. The summed E-state index contributed by atoms with van der Waals surface area (Å²) < 4.78 is 0. The lowest BCUT2D eigenvalue weighted by Gasteiger charge is -2.16. The average molecular weight is 190 g/mol. The zero-order chi connectivity index (χ0) is 10.1. The Bertz CT molecular complexity index is 336. The zero-order valence-corrected chi connectivity index (χ0v) is 8.10. The fourth-order valence-corrected chi connectivity index (χ4v) is 1.81. The Hall–Kier alpha value is -1.35. The standard InChI is InChI=1S/C11H14N2O/c1-7-9(12)10(13-11(7)14)8-5-3-2-4-6-8/h2-7,9-10H,12H2,1H3,(H,13,14)/t7-,9-,10?/m0/s1. The van der Waals surface area contributed by atoms with Crippen LogP contribution in [0.2, 0.25) is 0 Å². The van der Waals surface area contributed by atoms with Crippen molar-refractivity contribution in [2.75, 3.05) is 0 Å². The first kappa shape index (κ1) is 9.21. The second-order valence-corrected chi connectivity index (χ2v) is 3.76. The number of rotatable bonds is 1. The fourth-order valence-electron chi connectivity index (χ4n) is 1.81. The molecule has 1 aliphatic rings. The summed E-state index contributed by atoms with van der Waals surface area (Å²) in [6.45, 7) is 1.86. The molecular weight excluding hydrogens is 176 g/mol. The fraction of sp³-hybridized carbons (Fsp3) is 0.364. The Morgan fingerprint density at radius 2 is 1.93 bits per heavy atom. The van der Waals surface area contributed by atoms with Crippen molar-refractivity contribution in [3.05, 3.63) is 35.9 Å². The summed E-state index contributed by atoms with van der Waals surface area (Å²) in [7, 11) is 0. The molecular formula is C11H14N2O. The van der Waals surface area contributed by atoms with Crippen molar-refractivity contribution >= 4 is 5.91 Å². The van der Waals surface area contributed by atoms with Crippen LogP contribution in [0, 0.1) is 5.92 Å². The van der Waals surface area contributed by atoms with E-state index < -0.39 is 0 Å². The molecule has 14 heavy (non-hydrogen) atoms. The largest absolute Gasteiger partial charge is 0.347 e. The van der Waals surface area contributed by atoms with Gasteiger partial charge in [0.25, 0.3) is 0 Å². The summed E-state index contributed by atoms with van der Waals surface area (Å²) in [6, 6.07) is 9.69. The molecule has 0 spiro atoms. The molecule has 1 heterocycles. The molecule has 1 aromatic rings. The second-order valence-electron chi connectivity index (χ2n) is 3.76. The molecule has 0 radical (unpaired) electrons. The first-order chi connectivity index (χ1) is 6.70. The van der Waals surface area contributed by atoms with Crippen molar-refractivity contribution in [2.24, 2.45) is 11.7 Å². The van der Waals surface area contributed by atoms with Gasteiger partial charge in [0.05, 0.1) is 12.0 Å². The minimum absolute atomic E-state index is 0.0290. The minimum Gasteiger partial charge on any atom is -0.347 e. The maximum absolute atomic E-state index is 11.4. The van der Waals surface area contributed by atoms with Crippen molar-refractivity contribution in [1.82, 2.24) is 5.32 Å².